The third-order valence-electron chi connectivity index (χ3n) is 6.51. The molecule has 5 rings (SSSR count). The average Bonchev–Trinajstić information content (AvgIpc) is 3.27. The minimum atomic E-state index is -0.495. The molecule has 0 saturated heterocycles. The van der Waals surface area contributed by atoms with Crippen LogP contribution in [0.3, 0.4) is 0 Å². The van der Waals surface area contributed by atoms with Crippen LogP contribution in [0.15, 0.2) is 53.6 Å². The van der Waals surface area contributed by atoms with E-state index in [1.165, 1.54) is 13.2 Å². The highest BCUT2D eigenvalue weighted by Gasteiger charge is 2.26. The van der Waals surface area contributed by atoms with E-state index in [2.05, 4.69) is 9.88 Å². The Morgan fingerprint density at radius 2 is 1.97 bits per heavy atom. The molecule has 0 amide bonds. The molecule has 9 heteroatoms. The van der Waals surface area contributed by atoms with Crippen molar-refractivity contribution in [2.24, 2.45) is 0 Å². The molecule has 9 nitrogen and oxygen atoms in total. The largest absolute Gasteiger partial charge is 0.492 e. The first-order valence-electron chi connectivity index (χ1n) is 12.1. The number of nitrogens with zero attached hydrogens (tertiary/aromatic N) is 3. The van der Waals surface area contributed by atoms with Crippen molar-refractivity contribution in [1.29, 1.82) is 0 Å². The number of hydrogen-bond donors (Lipinski definition) is 0. The van der Waals surface area contributed by atoms with Crippen molar-refractivity contribution in [3.05, 3.63) is 81.5 Å². The van der Waals surface area contributed by atoms with E-state index >= 15 is 0 Å². The number of fused-ring (bicyclic) bond motifs is 2. The van der Waals surface area contributed by atoms with Gasteiger partial charge >= 0.3 is 5.97 Å². The molecule has 2 aliphatic heterocycles. The first kappa shape index (κ1) is 23.9. The molecule has 0 saturated carbocycles. The summed E-state index contributed by atoms with van der Waals surface area (Å²) in [6, 6.07) is 11.3. The molecular weight excluding hydrogens is 462 g/mol. The maximum Gasteiger partial charge on any atom is 0.343 e. The molecule has 0 fully saturated rings. The topological polar surface area (TPSA) is 92.1 Å². The lowest BCUT2D eigenvalue weighted by atomic mass is 10.1. The number of carbonyl (C=O) groups excluding carboxylic acids is 1. The molecule has 2 aliphatic rings. The molecular formula is C27H29N3O6. The number of benzene rings is 1. The smallest absolute Gasteiger partial charge is 0.343 e. The fraction of sp³-hybridized carbons (Fsp3) is 0.370. The Morgan fingerprint density at radius 3 is 2.81 bits per heavy atom. The summed E-state index contributed by atoms with van der Waals surface area (Å²) in [7, 11) is 1.35. The number of methoxy groups -OCH3 is 1. The summed E-state index contributed by atoms with van der Waals surface area (Å²) in [6.07, 6.45) is 5.61. The van der Waals surface area contributed by atoms with Crippen LogP contribution in [0, 0.1) is 0 Å². The normalized spacial score (nSPS) is 14.7. The second-order valence-electron chi connectivity index (χ2n) is 8.84. The zero-order valence-electron chi connectivity index (χ0n) is 20.3. The fourth-order valence-electron chi connectivity index (χ4n) is 4.69. The zero-order valence-corrected chi connectivity index (χ0v) is 20.3. The summed E-state index contributed by atoms with van der Waals surface area (Å²) in [4.78, 5) is 32.2. The summed E-state index contributed by atoms with van der Waals surface area (Å²) in [5.41, 5.74) is 3.03. The molecule has 0 unspecified atom stereocenters. The van der Waals surface area contributed by atoms with Crippen molar-refractivity contribution >= 4 is 5.97 Å². The van der Waals surface area contributed by atoms with Crippen LogP contribution in [0.1, 0.15) is 33.6 Å². The molecule has 0 radical (unpaired) electrons. The lowest BCUT2D eigenvalue weighted by molar-refractivity contribution is 0.0593. The van der Waals surface area contributed by atoms with Crippen molar-refractivity contribution in [2.45, 2.75) is 32.4 Å². The van der Waals surface area contributed by atoms with Crippen LogP contribution < -0.4 is 19.8 Å². The third kappa shape index (κ3) is 5.21. The van der Waals surface area contributed by atoms with E-state index in [4.69, 9.17) is 18.9 Å². The Hall–Kier alpha value is -3.85. The number of hydrogen-bond acceptors (Lipinski definition) is 8. The fourth-order valence-corrected chi connectivity index (χ4v) is 4.69. The van der Waals surface area contributed by atoms with E-state index in [-0.39, 0.29) is 18.1 Å². The van der Waals surface area contributed by atoms with Gasteiger partial charge in [-0.15, -0.1) is 0 Å². The van der Waals surface area contributed by atoms with Gasteiger partial charge in [0, 0.05) is 56.8 Å². The molecule has 1 aromatic carbocycles. The van der Waals surface area contributed by atoms with Gasteiger partial charge in [-0.05, 0) is 42.2 Å². The van der Waals surface area contributed by atoms with E-state index in [1.54, 1.807) is 10.8 Å². The van der Waals surface area contributed by atoms with Gasteiger partial charge in [-0.3, -0.25) is 14.7 Å². The maximum absolute atomic E-state index is 13.0. The van der Waals surface area contributed by atoms with Crippen LogP contribution >= 0.6 is 0 Å². The number of rotatable bonds is 8. The number of aromatic nitrogens is 2. The minimum absolute atomic E-state index is 0.176. The van der Waals surface area contributed by atoms with E-state index < -0.39 is 5.97 Å². The van der Waals surface area contributed by atoms with Gasteiger partial charge < -0.3 is 23.5 Å². The summed E-state index contributed by atoms with van der Waals surface area (Å²) in [5.74, 6) is 1.29. The van der Waals surface area contributed by atoms with Crippen molar-refractivity contribution < 1.29 is 23.7 Å². The lowest BCUT2D eigenvalue weighted by Gasteiger charge is -2.19. The van der Waals surface area contributed by atoms with Crippen LogP contribution in [-0.2, 0) is 30.7 Å². The number of esters is 1. The average molecular weight is 492 g/mol. The lowest BCUT2D eigenvalue weighted by Crippen LogP contribution is -2.29. The van der Waals surface area contributed by atoms with E-state index in [0.717, 1.165) is 35.5 Å². The highest BCUT2D eigenvalue weighted by Crippen LogP contribution is 2.33. The van der Waals surface area contributed by atoms with Gasteiger partial charge in [-0.25, -0.2) is 4.79 Å². The number of carbonyl (C=O) groups is 1. The first-order valence-corrected chi connectivity index (χ1v) is 12.1. The first-order chi connectivity index (χ1) is 17.6. The molecule has 36 heavy (non-hydrogen) atoms. The van der Waals surface area contributed by atoms with Crippen molar-refractivity contribution in [2.75, 3.05) is 33.6 Å². The van der Waals surface area contributed by atoms with Crippen LogP contribution in [0.2, 0.25) is 0 Å². The monoisotopic (exact) mass is 491 g/mol. The minimum Gasteiger partial charge on any atom is -0.492 e. The highest BCUT2D eigenvalue weighted by molar-refractivity contribution is 5.93. The Kier molecular flexibility index (Phi) is 7.18. The molecule has 0 aliphatic carbocycles. The van der Waals surface area contributed by atoms with E-state index in [1.807, 2.05) is 36.5 Å². The summed E-state index contributed by atoms with van der Waals surface area (Å²) < 4.78 is 23.6. The summed E-state index contributed by atoms with van der Waals surface area (Å²) in [5, 5.41) is 0. The molecule has 4 heterocycles. The zero-order chi connectivity index (χ0) is 24.9. The Labute approximate surface area is 209 Å². The standard InChI is InChI=1S/C27H29N3O6/c1-33-27(32)26-21-8-10-29(17-20-6-7-22-23(14-20)36-18-35-22)11-12-30(21)25(31)15-24(26)34-13-3-5-19-4-2-9-28-16-19/h2,4,6-7,9,14-16H,3,5,8,10-13,17-18H2,1H3. The number of ether oxygens (including phenoxy) is 4. The number of aryl methyl sites for hydroxylation is 1. The van der Waals surface area contributed by atoms with Gasteiger partial charge in [0.05, 0.1) is 13.7 Å². The van der Waals surface area contributed by atoms with E-state index in [9.17, 15) is 9.59 Å². The Balaban J connectivity index is 1.31. The highest BCUT2D eigenvalue weighted by atomic mass is 16.7. The molecule has 0 bridgehead atoms. The van der Waals surface area contributed by atoms with Crippen molar-refractivity contribution in [3.8, 4) is 17.2 Å². The van der Waals surface area contributed by atoms with Crippen molar-refractivity contribution in [1.82, 2.24) is 14.5 Å². The SMILES string of the molecule is COC(=O)c1c(OCCCc2cccnc2)cc(=O)n2c1CCN(Cc1ccc3c(c1)OCO3)CC2. The Morgan fingerprint density at radius 1 is 1.08 bits per heavy atom. The van der Waals surface area contributed by atoms with Gasteiger partial charge in [0.25, 0.3) is 5.56 Å². The van der Waals surface area contributed by atoms with Crippen LogP contribution in [0.4, 0.5) is 0 Å². The summed E-state index contributed by atoms with van der Waals surface area (Å²) >= 11 is 0. The van der Waals surface area contributed by atoms with Gasteiger partial charge in [-0.1, -0.05) is 12.1 Å². The van der Waals surface area contributed by atoms with Gasteiger partial charge in [0.15, 0.2) is 11.5 Å². The van der Waals surface area contributed by atoms with Crippen LogP contribution in [0.5, 0.6) is 17.2 Å². The third-order valence-corrected chi connectivity index (χ3v) is 6.51. The van der Waals surface area contributed by atoms with Crippen LogP contribution in [0.25, 0.3) is 0 Å². The molecule has 0 spiro atoms. The molecule has 2 aromatic heterocycles. The molecule has 0 N–H and O–H groups in total. The van der Waals surface area contributed by atoms with Gasteiger partial charge in [-0.2, -0.15) is 0 Å². The quantitative estimate of drug-likeness (QED) is 0.351. The van der Waals surface area contributed by atoms with E-state index in [0.29, 0.717) is 50.5 Å². The molecule has 3 aromatic rings. The Bertz CT molecular complexity index is 1290. The second-order valence-corrected chi connectivity index (χ2v) is 8.84. The second kappa shape index (κ2) is 10.8. The maximum atomic E-state index is 13.0. The predicted molar refractivity (Wildman–Crippen MR) is 132 cm³/mol. The molecule has 0 atom stereocenters. The number of pyridine rings is 2. The van der Waals surface area contributed by atoms with Crippen LogP contribution in [-0.4, -0.2) is 54.0 Å². The van der Waals surface area contributed by atoms with Gasteiger partial charge in [0.2, 0.25) is 6.79 Å². The predicted octanol–water partition coefficient (Wildman–Crippen LogP) is 2.83. The molecule has 188 valence electrons. The van der Waals surface area contributed by atoms with Gasteiger partial charge in [0.1, 0.15) is 11.3 Å². The van der Waals surface area contributed by atoms with Crippen molar-refractivity contribution in [3.63, 3.8) is 0 Å². The summed E-state index contributed by atoms with van der Waals surface area (Å²) in [6.45, 7) is 3.15.